The molecule has 0 saturated heterocycles. The van der Waals surface area contributed by atoms with Crippen LogP contribution < -0.4 is 9.46 Å². The number of aryl methyl sites for hydroxylation is 1. The predicted octanol–water partition coefficient (Wildman–Crippen LogP) is 2.07. The lowest BCUT2D eigenvalue weighted by atomic mass is 9.95. The van der Waals surface area contributed by atoms with Gasteiger partial charge in [0.2, 0.25) is 0 Å². The SMILES string of the molecule is COc1cc(C)c(CCNS(=O)(=O)N(C)C)cc1C(C)C. The molecule has 0 atom stereocenters. The molecule has 0 saturated carbocycles. The van der Waals surface area contributed by atoms with Crippen LogP contribution in [0, 0.1) is 6.92 Å². The summed E-state index contributed by atoms with van der Waals surface area (Å²) in [6, 6.07) is 4.13. The molecule has 120 valence electrons. The molecule has 21 heavy (non-hydrogen) atoms. The zero-order valence-electron chi connectivity index (χ0n) is 13.7. The standard InChI is InChI=1S/C15H26N2O3S/c1-11(2)14-10-13(12(3)9-15(14)20-6)7-8-16-21(18,19)17(4)5/h9-11,16H,7-8H2,1-6H3. The largest absolute Gasteiger partial charge is 0.496 e. The monoisotopic (exact) mass is 314 g/mol. The fraction of sp³-hybridized carbons (Fsp3) is 0.600. The van der Waals surface area contributed by atoms with Crippen molar-refractivity contribution in [3.8, 4) is 5.75 Å². The molecule has 1 aromatic carbocycles. The van der Waals surface area contributed by atoms with Gasteiger partial charge in [0.15, 0.2) is 0 Å². The molecule has 0 bridgehead atoms. The molecule has 1 N–H and O–H groups in total. The predicted molar refractivity (Wildman–Crippen MR) is 86.1 cm³/mol. The maximum Gasteiger partial charge on any atom is 0.278 e. The first kappa shape index (κ1) is 17.9. The molecule has 1 rings (SSSR count). The van der Waals surface area contributed by atoms with E-state index < -0.39 is 10.2 Å². The topological polar surface area (TPSA) is 58.6 Å². The Hall–Kier alpha value is -1.11. The number of benzene rings is 1. The van der Waals surface area contributed by atoms with Crippen LogP contribution in [-0.2, 0) is 16.6 Å². The number of hydrogen-bond acceptors (Lipinski definition) is 3. The van der Waals surface area contributed by atoms with E-state index in [0.29, 0.717) is 18.9 Å². The minimum atomic E-state index is -3.36. The Balaban J connectivity index is 2.87. The first-order valence-corrected chi connectivity index (χ1v) is 8.47. The van der Waals surface area contributed by atoms with Gasteiger partial charge in [0.05, 0.1) is 7.11 Å². The Morgan fingerprint density at radius 1 is 1.29 bits per heavy atom. The summed E-state index contributed by atoms with van der Waals surface area (Å²) in [4.78, 5) is 0. The van der Waals surface area contributed by atoms with Crippen LogP contribution in [0.3, 0.4) is 0 Å². The molecule has 0 fully saturated rings. The van der Waals surface area contributed by atoms with Crippen molar-refractivity contribution in [3.05, 3.63) is 28.8 Å². The van der Waals surface area contributed by atoms with E-state index in [1.165, 1.54) is 18.4 Å². The molecule has 0 spiro atoms. The fourth-order valence-corrected chi connectivity index (χ4v) is 2.70. The Labute approximate surface area is 128 Å². The van der Waals surface area contributed by atoms with E-state index in [9.17, 15) is 8.42 Å². The molecule has 0 aliphatic carbocycles. The highest BCUT2D eigenvalue weighted by Gasteiger charge is 2.14. The summed E-state index contributed by atoms with van der Waals surface area (Å²) in [7, 11) is 1.33. The second kappa shape index (κ2) is 7.24. The van der Waals surface area contributed by atoms with Gasteiger partial charge in [-0.1, -0.05) is 19.9 Å². The van der Waals surface area contributed by atoms with E-state index in [4.69, 9.17) is 4.74 Å². The van der Waals surface area contributed by atoms with Crippen molar-refractivity contribution in [2.24, 2.45) is 0 Å². The first-order valence-electron chi connectivity index (χ1n) is 7.03. The lowest BCUT2D eigenvalue weighted by Gasteiger charge is -2.17. The van der Waals surface area contributed by atoms with Gasteiger partial charge in [0.25, 0.3) is 10.2 Å². The van der Waals surface area contributed by atoms with Crippen LogP contribution in [-0.4, -0.2) is 40.5 Å². The molecule has 0 heterocycles. The van der Waals surface area contributed by atoms with Crippen LogP contribution in [0.5, 0.6) is 5.75 Å². The molecule has 5 nitrogen and oxygen atoms in total. The Bertz CT molecular complexity index is 581. The van der Waals surface area contributed by atoms with Crippen molar-refractivity contribution in [2.45, 2.75) is 33.1 Å². The van der Waals surface area contributed by atoms with E-state index >= 15 is 0 Å². The van der Waals surface area contributed by atoms with E-state index in [2.05, 4.69) is 24.6 Å². The quantitative estimate of drug-likeness (QED) is 0.838. The van der Waals surface area contributed by atoms with Crippen molar-refractivity contribution < 1.29 is 13.2 Å². The van der Waals surface area contributed by atoms with Crippen LogP contribution >= 0.6 is 0 Å². The molecular weight excluding hydrogens is 288 g/mol. The van der Waals surface area contributed by atoms with Gasteiger partial charge in [-0.25, -0.2) is 4.72 Å². The van der Waals surface area contributed by atoms with Gasteiger partial charge in [-0.05, 0) is 42.0 Å². The molecular formula is C15H26N2O3S. The third-order valence-electron chi connectivity index (χ3n) is 3.47. The van der Waals surface area contributed by atoms with Crippen LogP contribution in [0.1, 0.15) is 36.5 Å². The van der Waals surface area contributed by atoms with Gasteiger partial charge in [-0.2, -0.15) is 12.7 Å². The zero-order valence-corrected chi connectivity index (χ0v) is 14.5. The fourth-order valence-electron chi connectivity index (χ4n) is 2.09. The van der Waals surface area contributed by atoms with Crippen LogP contribution in [0.2, 0.25) is 0 Å². The maximum absolute atomic E-state index is 11.7. The third kappa shape index (κ3) is 4.69. The average molecular weight is 314 g/mol. The normalized spacial score (nSPS) is 12.2. The zero-order chi connectivity index (χ0) is 16.2. The second-order valence-electron chi connectivity index (χ2n) is 5.61. The van der Waals surface area contributed by atoms with Crippen molar-refractivity contribution in [3.63, 3.8) is 0 Å². The Morgan fingerprint density at radius 2 is 1.90 bits per heavy atom. The molecule has 6 heteroatoms. The number of nitrogens with one attached hydrogen (secondary N) is 1. The Morgan fingerprint density at radius 3 is 2.38 bits per heavy atom. The third-order valence-corrected chi connectivity index (χ3v) is 5.00. The Kier molecular flexibility index (Phi) is 6.19. The highest BCUT2D eigenvalue weighted by molar-refractivity contribution is 7.87. The van der Waals surface area contributed by atoms with Crippen molar-refractivity contribution >= 4 is 10.2 Å². The summed E-state index contributed by atoms with van der Waals surface area (Å²) in [6.07, 6.45) is 0.655. The minimum Gasteiger partial charge on any atom is -0.496 e. The number of ether oxygens (including phenoxy) is 1. The van der Waals surface area contributed by atoms with E-state index in [0.717, 1.165) is 22.4 Å². The summed E-state index contributed by atoms with van der Waals surface area (Å²) in [5, 5.41) is 0. The molecule has 0 aromatic heterocycles. The van der Waals surface area contributed by atoms with E-state index in [-0.39, 0.29) is 0 Å². The molecule has 0 unspecified atom stereocenters. The van der Waals surface area contributed by atoms with Crippen molar-refractivity contribution in [1.82, 2.24) is 9.03 Å². The van der Waals surface area contributed by atoms with E-state index in [1.54, 1.807) is 7.11 Å². The van der Waals surface area contributed by atoms with Crippen LogP contribution in [0.4, 0.5) is 0 Å². The lowest BCUT2D eigenvalue weighted by molar-refractivity contribution is 0.407. The summed E-state index contributed by atoms with van der Waals surface area (Å²) < 4.78 is 32.5. The highest BCUT2D eigenvalue weighted by atomic mass is 32.2. The lowest BCUT2D eigenvalue weighted by Crippen LogP contribution is -2.36. The first-order chi connectivity index (χ1) is 9.69. The van der Waals surface area contributed by atoms with Crippen LogP contribution in [0.15, 0.2) is 12.1 Å². The number of methoxy groups -OCH3 is 1. The van der Waals surface area contributed by atoms with Crippen molar-refractivity contribution in [1.29, 1.82) is 0 Å². The average Bonchev–Trinajstić information content (AvgIpc) is 2.39. The van der Waals surface area contributed by atoms with Gasteiger partial charge in [-0.3, -0.25) is 0 Å². The van der Waals surface area contributed by atoms with Crippen LogP contribution in [0.25, 0.3) is 0 Å². The molecule has 0 aliphatic rings. The molecule has 0 aliphatic heterocycles. The summed E-state index contributed by atoms with van der Waals surface area (Å²) in [6.45, 7) is 6.63. The van der Waals surface area contributed by atoms with Gasteiger partial charge in [0, 0.05) is 20.6 Å². The second-order valence-corrected chi connectivity index (χ2v) is 7.58. The van der Waals surface area contributed by atoms with Crippen molar-refractivity contribution in [2.75, 3.05) is 27.7 Å². The van der Waals surface area contributed by atoms with Gasteiger partial charge in [-0.15, -0.1) is 0 Å². The van der Waals surface area contributed by atoms with Gasteiger partial charge < -0.3 is 4.74 Å². The summed E-state index contributed by atoms with van der Waals surface area (Å²) in [5.74, 6) is 1.25. The van der Waals surface area contributed by atoms with E-state index in [1.807, 2.05) is 13.0 Å². The molecule has 1 aromatic rings. The van der Waals surface area contributed by atoms with Gasteiger partial charge >= 0.3 is 0 Å². The number of hydrogen-bond donors (Lipinski definition) is 1. The number of nitrogens with zero attached hydrogens (tertiary/aromatic N) is 1. The number of rotatable bonds is 7. The smallest absolute Gasteiger partial charge is 0.278 e. The molecule has 0 radical (unpaired) electrons. The highest BCUT2D eigenvalue weighted by Crippen LogP contribution is 2.29. The summed E-state index contributed by atoms with van der Waals surface area (Å²) >= 11 is 0. The summed E-state index contributed by atoms with van der Waals surface area (Å²) in [5.41, 5.74) is 3.40. The molecule has 0 amide bonds. The van der Waals surface area contributed by atoms with Gasteiger partial charge in [0.1, 0.15) is 5.75 Å². The minimum absolute atomic E-state index is 0.359. The maximum atomic E-state index is 11.7.